The van der Waals surface area contributed by atoms with E-state index in [2.05, 4.69) is 5.32 Å². The molecule has 114 valence electrons. The molecule has 21 heavy (non-hydrogen) atoms. The second kappa shape index (κ2) is 9.58. The fourth-order valence-corrected chi connectivity index (χ4v) is 1.51. The quantitative estimate of drug-likeness (QED) is 0.589. The van der Waals surface area contributed by atoms with Crippen LogP contribution in [0, 0.1) is 0 Å². The largest absolute Gasteiger partial charge is 0.494 e. The monoisotopic (exact) mass is 291 g/mol. The van der Waals surface area contributed by atoms with Gasteiger partial charge in [0.05, 0.1) is 6.61 Å². The third-order valence-corrected chi connectivity index (χ3v) is 2.52. The summed E-state index contributed by atoms with van der Waals surface area (Å²) in [6.07, 6.45) is 3.77. The number of rotatable bonds is 8. The van der Waals surface area contributed by atoms with Crippen LogP contribution in [0.4, 0.5) is 0 Å². The second-order valence-electron chi connectivity index (χ2n) is 4.29. The Balaban J connectivity index is 2.37. The summed E-state index contributed by atoms with van der Waals surface area (Å²) in [5, 5.41) is 2.63. The summed E-state index contributed by atoms with van der Waals surface area (Å²) in [6, 6.07) is 7.32. The van der Waals surface area contributed by atoms with Gasteiger partial charge >= 0.3 is 5.97 Å². The van der Waals surface area contributed by atoms with Gasteiger partial charge in [0.25, 0.3) is 5.91 Å². The lowest BCUT2D eigenvalue weighted by Crippen LogP contribution is -2.28. The van der Waals surface area contributed by atoms with Crippen LogP contribution in [0.25, 0.3) is 6.08 Å². The summed E-state index contributed by atoms with van der Waals surface area (Å²) in [5.74, 6) is -0.0555. The molecule has 0 aromatic heterocycles. The average Bonchev–Trinajstić information content (AvgIpc) is 2.50. The van der Waals surface area contributed by atoms with Crippen molar-refractivity contribution in [3.8, 4) is 5.75 Å². The maximum Gasteiger partial charge on any atom is 0.331 e. The summed E-state index contributed by atoms with van der Waals surface area (Å²) in [6.45, 7) is 4.80. The van der Waals surface area contributed by atoms with E-state index in [1.54, 1.807) is 6.08 Å². The molecule has 0 heterocycles. The highest BCUT2D eigenvalue weighted by atomic mass is 16.5. The number of esters is 1. The lowest BCUT2D eigenvalue weighted by Gasteiger charge is -2.03. The summed E-state index contributed by atoms with van der Waals surface area (Å²) >= 11 is 0. The molecule has 0 aliphatic rings. The maximum atomic E-state index is 11.5. The van der Waals surface area contributed by atoms with Crippen molar-refractivity contribution in [1.29, 1.82) is 0 Å². The third kappa shape index (κ3) is 7.15. The summed E-state index contributed by atoms with van der Waals surface area (Å²) in [5.41, 5.74) is 0.853. The first-order valence-corrected chi connectivity index (χ1v) is 7.00. The minimum Gasteiger partial charge on any atom is -0.494 e. The lowest BCUT2D eigenvalue weighted by molar-refractivity contribution is -0.143. The molecule has 1 rings (SSSR count). The average molecular weight is 291 g/mol. The Bertz CT molecular complexity index is 480. The molecule has 0 radical (unpaired) electrons. The molecule has 0 bridgehead atoms. The highest BCUT2D eigenvalue weighted by Crippen LogP contribution is 2.12. The Morgan fingerprint density at radius 3 is 2.52 bits per heavy atom. The van der Waals surface area contributed by atoms with Gasteiger partial charge in [0, 0.05) is 12.6 Å². The van der Waals surface area contributed by atoms with Crippen LogP contribution in [0.1, 0.15) is 25.8 Å². The molecule has 1 N–H and O–H groups in total. The number of carbonyl (C=O) groups is 2. The Morgan fingerprint density at radius 2 is 1.90 bits per heavy atom. The van der Waals surface area contributed by atoms with E-state index < -0.39 is 5.97 Å². The van der Waals surface area contributed by atoms with Gasteiger partial charge in [0.15, 0.2) is 6.61 Å². The van der Waals surface area contributed by atoms with Gasteiger partial charge in [-0.1, -0.05) is 19.1 Å². The molecular formula is C16H21NO4. The third-order valence-electron chi connectivity index (χ3n) is 2.52. The standard InChI is InChI=1S/C16H21NO4/c1-3-11-17-15(18)12-21-16(19)10-7-13-5-8-14(9-6-13)20-4-2/h5-10H,3-4,11-12H2,1-2H3,(H,17,18)/b10-7+. The van der Waals surface area contributed by atoms with Crippen LogP contribution >= 0.6 is 0 Å². The molecule has 1 amide bonds. The van der Waals surface area contributed by atoms with E-state index in [0.717, 1.165) is 17.7 Å². The normalized spacial score (nSPS) is 10.4. The highest BCUT2D eigenvalue weighted by molar-refractivity contribution is 5.89. The van der Waals surface area contributed by atoms with Crippen LogP contribution in [0.3, 0.4) is 0 Å². The Kier molecular flexibility index (Phi) is 7.64. The first-order chi connectivity index (χ1) is 10.2. The van der Waals surface area contributed by atoms with E-state index in [9.17, 15) is 9.59 Å². The Morgan fingerprint density at radius 1 is 1.19 bits per heavy atom. The van der Waals surface area contributed by atoms with Gasteiger partial charge in [0.1, 0.15) is 5.75 Å². The smallest absolute Gasteiger partial charge is 0.331 e. The van der Waals surface area contributed by atoms with Gasteiger partial charge in [-0.05, 0) is 37.1 Å². The molecule has 0 aliphatic carbocycles. The molecular weight excluding hydrogens is 270 g/mol. The van der Waals surface area contributed by atoms with Crippen LogP contribution in [0.5, 0.6) is 5.75 Å². The summed E-state index contributed by atoms with van der Waals surface area (Å²) in [4.78, 5) is 22.7. The van der Waals surface area contributed by atoms with Crippen molar-refractivity contribution in [3.63, 3.8) is 0 Å². The maximum absolute atomic E-state index is 11.5. The molecule has 0 saturated carbocycles. The summed E-state index contributed by atoms with van der Waals surface area (Å²) in [7, 11) is 0. The van der Waals surface area contributed by atoms with E-state index in [0.29, 0.717) is 13.2 Å². The molecule has 5 heteroatoms. The molecule has 5 nitrogen and oxygen atoms in total. The summed E-state index contributed by atoms with van der Waals surface area (Å²) < 4.78 is 10.1. The number of hydrogen-bond acceptors (Lipinski definition) is 4. The van der Waals surface area contributed by atoms with Gasteiger partial charge < -0.3 is 14.8 Å². The van der Waals surface area contributed by atoms with Crippen molar-refractivity contribution >= 4 is 18.0 Å². The van der Waals surface area contributed by atoms with Crippen molar-refractivity contribution in [1.82, 2.24) is 5.32 Å². The molecule has 1 aromatic rings. The van der Waals surface area contributed by atoms with Gasteiger partial charge in [0.2, 0.25) is 0 Å². The van der Waals surface area contributed by atoms with E-state index in [1.165, 1.54) is 6.08 Å². The van der Waals surface area contributed by atoms with Gasteiger partial charge in [-0.15, -0.1) is 0 Å². The molecule has 0 spiro atoms. The zero-order valence-electron chi connectivity index (χ0n) is 12.4. The van der Waals surface area contributed by atoms with Crippen LogP contribution < -0.4 is 10.1 Å². The van der Waals surface area contributed by atoms with Crippen LogP contribution in [-0.4, -0.2) is 31.6 Å². The highest BCUT2D eigenvalue weighted by Gasteiger charge is 2.03. The molecule has 0 fully saturated rings. The number of nitrogens with one attached hydrogen (secondary N) is 1. The number of hydrogen-bond donors (Lipinski definition) is 1. The van der Waals surface area contributed by atoms with Gasteiger partial charge in [-0.25, -0.2) is 4.79 Å². The SMILES string of the molecule is CCCNC(=O)COC(=O)/C=C/c1ccc(OCC)cc1. The lowest BCUT2D eigenvalue weighted by atomic mass is 10.2. The van der Waals surface area contributed by atoms with Crippen LogP contribution in [-0.2, 0) is 14.3 Å². The molecule has 0 unspecified atom stereocenters. The molecule has 1 aromatic carbocycles. The van der Waals surface area contributed by atoms with E-state index in [1.807, 2.05) is 38.1 Å². The fourth-order valence-electron chi connectivity index (χ4n) is 1.51. The minimum absolute atomic E-state index is 0.257. The van der Waals surface area contributed by atoms with Crippen LogP contribution in [0.15, 0.2) is 30.3 Å². The fraction of sp³-hybridized carbons (Fsp3) is 0.375. The number of benzene rings is 1. The van der Waals surface area contributed by atoms with E-state index in [-0.39, 0.29) is 12.5 Å². The van der Waals surface area contributed by atoms with E-state index >= 15 is 0 Å². The first kappa shape index (κ1) is 16.8. The predicted molar refractivity (Wildman–Crippen MR) is 80.9 cm³/mol. The minimum atomic E-state index is -0.546. The Labute approximate surface area is 124 Å². The zero-order chi connectivity index (χ0) is 15.5. The number of ether oxygens (including phenoxy) is 2. The van der Waals surface area contributed by atoms with Crippen molar-refractivity contribution < 1.29 is 19.1 Å². The zero-order valence-corrected chi connectivity index (χ0v) is 12.4. The molecule has 0 saturated heterocycles. The molecule has 0 atom stereocenters. The predicted octanol–water partition coefficient (Wildman–Crippen LogP) is 2.17. The Hall–Kier alpha value is -2.30. The number of amides is 1. The second-order valence-corrected chi connectivity index (χ2v) is 4.29. The van der Waals surface area contributed by atoms with Crippen molar-refractivity contribution in [2.45, 2.75) is 20.3 Å². The van der Waals surface area contributed by atoms with Gasteiger partial charge in [-0.3, -0.25) is 4.79 Å². The molecule has 0 aliphatic heterocycles. The topological polar surface area (TPSA) is 64.6 Å². The van der Waals surface area contributed by atoms with Crippen LogP contribution in [0.2, 0.25) is 0 Å². The van der Waals surface area contributed by atoms with Crippen molar-refractivity contribution in [2.24, 2.45) is 0 Å². The first-order valence-electron chi connectivity index (χ1n) is 7.00. The van der Waals surface area contributed by atoms with E-state index in [4.69, 9.17) is 9.47 Å². The number of carbonyl (C=O) groups excluding carboxylic acids is 2. The van der Waals surface area contributed by atoms with Crippen molar-refractivity contribution in [3.05, 3.63) is 35.9 Å². The van der Waals surface area contributed by atoms with Gasteiger partial charge in [-0.2, -0.15) is 0 Å². The van der Waals surface area contributed by atoms with Crippen molar-refractivity contribution in [2.75, 3.05) is 19.8 Å².